The normalized spacial score (nSPS) is 11.1. The van der Waals surface area contributed by atoms with Crippen LogP contribution in [0.4, 0.5) is 0 Å². The molecule has 0 aliphatic carbocycles. The molecule has 1 rings (SSSR count). The first-order valence-corrected chi connectivity index (χ1v) is 6.35. The standard InChI is InChI=1S/C11H18S2/c1-9(2)8-11-6-5-10(13-11)4-3-7-12/h5-6,9,12H,3-4,7-8H2,1-2H3. The zero-order valence-electron chi connectivity index (χ0n) is 8.42. The van der Waals surface area contributed by atoms with Crippen LogP contribution in [0.25, 0.3) is 0 Å². The zero-order chi connectivity index (χ0) is 9.68. The van der Waals surface area contributed by atoms with Crippen molar-refractivity contribution in [2.24, 2.45) is 5.92 Å². The highest BCUT2D eigenvalue weighted by atomic mass is 32.1. The van der Waals surface area contributed by atoms with Gasteiger partial charge in [0.1, 0.15) is 0 Å². The van der Waals surface area contributed by atoms with Gasteiger partial charge in [-0.15, -0.1) is 11.3 Å². The molecule has 1 heterocycles. The highest BCUT2D eigenvalue weighted by Gasteiger charge is 2.01. The molecule has 0 N–H and O–H groups in total. The second-order valence-corrected chi connectivity index (χ2v) is 5.49. The van der Waals surface area contributed by atoms with Crippen LogP contribution >= 0.6 is 24.0 Å². The summed E-state index contributed by atoms with van der Waals surface area (Å²) < 4.78 is 0. The SMILES string of the molecule is CC(C)Cc1ccc(CCCS)s1. The van der Waals surface area contributed by atoms with E-state index in [1.165, 1.54) is 29.0 Å². The van der Waals surface area contributed by atoms with E-state index in [-0.39, 0.29) is 0 Å². The van der Waals surface area contributed by atoms with E-state index < -0.39 is 0 Å². The summed E-state index contributed by atoms with van der Waals surface area (Å²) in [7, 11) is 0. The van der Waals surface area contributed by atoms with Gasteiger partial charge in [-0.1, -0.05) is 13.8 Å². The Morgan fingerprint density at radius 3 is 2.62 bits per heavy atom. The first-order valence-electron chi connectivity index (χ1n) is 4.91. The maximum absolute atomic E-state index is 4.22. The lowest BCUT2D eigenvalue weighted by atomic mass is 10.1. The molecule has 0 bridgehead atoms. The van der Waals surface area contributed by atoms with E-state index in [4.69, 9.17) is 0 Å². The average molecular weight is 214 g/mol. The van der Waals surface area contributed by atoms with Gasteiger partial charge < -0.3 is 0 Å². The van der Waals surface area contributed by atoms with Gasteiger partial charge in [-0.05, 0) is 43.1 Å². The Morgan fingerprint density at radius 1 is 1.31 bits per heavy atom. The third kappa shape index (κ3) is 4.19. The van der Waals surface area contributed by atoms with Gasteiger partial charge in [0.25, 0.3) is 0 Å². The van der Waals surface area contributed by atoms with Crippen molar-refractivity contribution in [1.29, 1.82) is 0 Å². The molecule has 0 spiro atoms. The Balaban J connectivity index is 2.44. The topological polar surface area (TPSA) is 0 Å². The van der Waals surface area contributed by atoms with Crippen LogP contribution in [0.15, 0.2) is 12.1 Å². The van der Waals surface area contributed by atoms with E-state index >= 15 is 0 Å². The molecule has 0 saturated heterocycles. The summed E-state index contributed by atoms with van der Waals surface area (Å²) in [4.78, 5) is 3.05. The number of thiophene rings is 1. The van der Waals surface area contributed by atoms with Gasteiger partial charge in [0.05, 0.1) is 0 Å². The third-order valence-electron chi connectivity index (χ3n) is 1.91. The second-order valence-electron chi connectivity index (χ2n) is 3.79. The highest BCUT2D eigenvalue weighted by Crippen LogP contribution is 2.20. The molecule has 1 aromatic heterocycles. The molecule has 0 aliphatic rings. The largest absolute Gasteiger partial charge is 0.179 e. The molecular formula is C11H18S2. The lowest BCUT2D eigenvalue weighted by Crippen LogP contribution is -1.89. The summed E-state index contributed by atoms with van der Waals surface area (Å²) in [6.07, 6.45) is 3.63. The lowest BCUT2D eigenvalue weighted by Gasteiger charge is -1.99. The fourth-order valence-electron chi connectivity index (χ4n) is 1.32. The first kappa shape index (κ1) is 11.1. The molecule has 13 heavy (non-hydrogen) atoms. The molecule has 0 amide bonds. The molecule has 0 aromatic carbocycles. The molecule has 74 valence electrons. The highest BCUT2D eigenvalue weighted by molar-refractivity contribution is 7.80. The fourth-order valence-corrected chi connectivity index (χ4v) is 2.75. The smallest absolute Gasteiger partial charge is 0.00507 e. The van der Waals surface area contributed by atoms with Gasteiger partial charge in [0, 0.05) is 9.75 Å². The van der Waals surface area contributed by atoms with Crippen LogP contribution in [-0.4, -0.2) is 5.75 Å². The second kappa shape index (κ2) is 5.71. The van der Waals surface area contributed by atoms with Crippen molar-refractivity contribution in [2.45, 2.75) is 33.1 Å². The Hall–Kier alpha value is 0.0500. The van der Waals surface area contributed by atoms with E-state index in [9.17, 15) is 0 Å². The van der Waals surface area contributed by atoms with Crippen LogP contribution in [-0.2, 0) is 12.8 Å². The van der Waals surface area contributed by atoms with Crippen molar-refractivity contribution < 1.29 is 0 Å². The number of hydrogen-bond donors (Lipinski definition) is 1. The third-order valence-corrected chi connectivity index (χ3v) is 3.39. The van der Waals surface area contributed by atoms with Crippen LogP contribution in [0, 0.1) is 5.92 Å². The van der Waals surface area contributed by atoms with Crippen LogP contribution in [0.1, 0.15) is 30.0 Å². The predicted octanol–water partition coefficient (Wildman–Crippen LogP) is 3.81. The number of aryl methyl sites for hydroxylation is 1. The summed E-state index contributed by atoms with van der Waals surface area (Å²) in [6.45, 7) is 4.54. The van der Waals surface area contributed by atoms with Gasteiger partial charge in [-0.25, -0.2) is 0 Å². The Bertz CT molecular complexity index is 238. The number of rotatable bonds is 5. The molecule has 0 fully saturated rings. The van der Waals surface area contributed by atoms with E-state index in [0.717, 1.165) is 11.7 Å². The molecule has 2 heteroatoms. The summed E-state index contributed by atoms with van der Waals surface area (Å²) in [5.41, 5.74) is 0. The zero-order valence-corrected chi connectivity index (χ0v) is 10.1. The predicted molar refractivity (Wildman–Crippen MR) is 65.0 cm³/mol. The Morgan fingerprint density at radius 2 is 2.00 bits per heavy atom. The van der Waals surface area contributed by atoms with Crippen molar-refractivity contribution in [2.75, 3.05) is 5.75 Å². The average Bonchev–Trinajstić information content (AvgIpc) is 2.48. The summed E-state index contributed by atoms with van der Waals surface area (Å²) in [5, 5.41) is 0. The quantitative estimate of drug-likeness (QED) is 0.708. The summed E-state index contributed by atoms with van der Waals surface area (Å²) >= 11 is 6.19. The van der Waals surface area contributed by atoms with Crippen molar-refractivity contribution in [3.8, 4) is 0 Å². The van der Waals surface area contributed by atoms with Crippen LogP contribution < -0.4 is 0 Å². The Kier molecular flexibility index (Phi) is 4.89. The minimum atomic E-state index is 0.774. The van der Waals surface area contributed by atoms with E-state index in [1.807, 2.05) is 11.3 Å². The molecule has 0 aliphatic heterocycles. The Labute approximate surface area is 90.8 Å². The van der Waals surface area contributed by atoms with E-state index in [1.54, 1.807) is 0 Å². The van der Waals surface area contributed by atoms with E-state index in [2.05, 4.69) is 38.6 Å². The fraction of sp³-hybridized carbons (Fsp3) is 0.636. The maximum atomic E-state index is 4.22. The first-order chi connectivity index (χ1) is 6.22. The number of hydrogen-bond acceptors (Lipinski definition) is 2. The van der Waals surface area contributed by atoms with Crippen molar-refractivity contribution in [1.82, 2.24) is 0 Å². The summed E-state index contributed by atoms with van der Waals surface area (Å²) in [6, 6.07) is 4.55. The molecule has 0 unspecified atom stereocenters. The molecule has 1 aromatic rings. The van der Waals surface area contributed by atoms with Crippen LogP contribution in [0.5, 0.6) is 0 Å². The number of thiol groups is 1. The van der Waals surface area contributed by atoms with Crippen LogP contribution in [0.2, 0.25) is 0 Å². The molecule has 0 saturated carbocycles. The van der Waals surface area contributed by atoms with Crippen molar-refractivity contribution in [3.05, 3.63) is 21.9 Å². The van der Waals surface area contributed by atoms with Gasteiger partial charge in [0.2, 0.25) is 0 Å². The molecule has 0 atom stereocenters. The van der Waals surface area contributed by atoms with Gasteiger partial charge in [0.15, 0.2) is 0 Å². The maximum Gasteiger partial charge on any atom is 0.00507 e. The minimum Gasteiger partial charge on any atom is -0.179 e. The van der Waals surface area contributed by atoms with Gasteiger partial charge >= 0.3 is 0 Å². The summed E-state index contributed by atoms with van der Waals surface area (Å²) in [5.74, 6) is 1.77. The monoisotopic (exact) mass is 214 g/mol. The van der Waals surface area contributed by atoms with Gasteiger partial charge in [-0.3, -0.25) is 0 Å². The van der Waals surface area contributed by atoms with Crippen molar-refractivity contribution >= 4 is 24.0 Å². The molecular weight excluding hydrogens is 196 g/mol. The lowest BCUT2D eigenvalue weighted by molar-refractivity contribution is 0.654. The molecule has 0 nitrogen and oxygen atoms in total. The van der Waals surface area contributed by atoms with Crippen LogP contribution in [0.3, 0.4) is 0 Å². The minimum absolute atomic E-state index is 0.774. The van der Waals surface area contributed by atoms with Crippen molar-refractivity contribution in [3.63, 3.8) is 0 Å². The van der Waals surface area contributed by atoms with E-state index in [0.29, 0.717) is 0 Å². The van der Waals surface area contributed by atoms with Gasteiger partial charge in [-0.2, -0.15) is 12.6 Å². The molecule has 0 radical (unpaired) electrons.